The maximum atomic E-state index is 4.04. The maximum absolute atomic E-state index is 4.04. The molecular weight excluding hydrogens is 170 g/mol. The largest absolute Gasteiger partial charge is 0.269 e. The van der Waals surface area contributed by atoms with Crippen molar-refractivity contribution < 1.29 is 0 Å². The molecule has 1 heteroatoms. The smallest absolute Gasteiger partial charge is 0.0298 e. The molecular formula is C13H19N. The van der Waals surface area contributed by atoms with Crippen molar-refractivity contribution in [2.24, 2.45) is 4.99 Å². The monoisotopic (exact) mass is 189 g/mol. The highest BCUT2D eigenvalue weighted by Crippen LogP contribution is 2.10. The second-order valence-electron chi connectivity index (χ2n) is 3.09. The second kappa shape index (κ2) is 7.07. The van der Waals surface area contributed by atoms with E-state index in [1.54, 1.807) is 12.4 Å². The molecule has 0 N–H and O–H groups in total. The van der Waals surface area contributed by atoms with E-state index in [0.29, 0.717) is 0 Å². The zero-order valence-electron chi connectivity index (χ0n) is 9.38. The predicted octanol–water partition coefficient (Wildman–Crippen LogP) is 4.06. The Kier molecular flexibility index (Phi) is 6.38. The van der Waals surface area contributed by atoms with Crippen molar-refractivity contribution in [3.63, 3.8) is 0 Å². The summed E-state index contributed by atoms with van der Waals surface area (Å²) in [7, 11) is 0. The van der Waals surface area contributed by atoms with Crippen molar-refractivity contribution in [3.05, 3.63) is 48.2 Å². The third kappa shape index (κ3) is 5.31. The molecule has 76 valence electrons. The van der Waals surface area contributed by atoms with E-state index < -0.39 is 0 Å². The van der Waals surface area contributed by atoms with Crippen LogP contribution in [0.1, 0.15) is 27.2 Å². The Hall–Kier alpha value is -1.37. The third-order valence-electron chi connectivity index (χ3n) is 1.90. The fraction of sp³-hybridized carbons (Fsp3) is 0.308. The first kappa shape index (κ1) is 12.6. The van der Waals surface area contributed by atoms with Crippen molar-refractivity contribution in [2.75, 3.05) is 0 Å². The van der Waals surface area contributed by atoms with Gasteiger partial charge in [-0.2, -0.15) is 0 Å². The summed E-state index contributed by atoms with van der Waals surface area (Å²) in [6.45, 7) is 13.8. The standard InChI is InChI=1S/C13H19N/c1-6-11(3)8-9-12(4)13(5)10-14-7-2/h7-10H,3-4,6H2,1-2,5H3/b9-8-,13-10+,14-7?. The molecule has 0 aromatic heterocycles. The van der Waals surface area contributed by atoms with Crippen LogP contribution in [0.3, 0.4) is 0 Å². The highest BCUT2D eigenvalue weighted by Gasteiger charge is 1.90. The predicted molar refractivity (Wildman–Crippen MR) is 65.6 cm³/mol. The Bertz CT molecular complexity index is 290. The Morgan fingerprint density at radius 1 is 1.29 bits per heavy atom. The summed E-state index contributed by atoms with van der Waals surface area (Å²) >= 11 is 0. The number of nitrogens with zero attached hydrogens (tertiary/aromatic N) is 1. The molecule has 0 aliphatic carbocycles. The Morgan fingerprint density at radius 2 is 1.93 bits per heavy atom. The molecule has 0 heterocycles. The number of allylic oxidation sites excluding steroid dienone is 5. The topological polar surface area (TPSA) is 12.4 Å². The quantitative estimate of drug-likeness (QED) is 0.457. The molecule has 0 saturated heterocycles. The zero-order chi connectivity index (χ0) is 11.0. The van der Waals surface area contributed by atoms with Gasteiger partial charge in [0, 0.05) is 12.4 Å². The van der Waals surface area contributed by atoms with Gasteiger partial charge in [0.15, 0.2) is 0 Å². The van der Waals surface area contributed by atoms with E-state index in [1.807, 2.05) is 26.0 Å². The van der Waals surface area contributed by atoms with Crippen LogP contribution in [0.25, 0.3) is 0 Å². The first-order valence-electron chi connectivity index (χ1n) is 4.81. The molecule has 0 radical (unpaired) electrons. The number of hydrogen-bond donors (Lipinski definition) is 0. The van der Waals surface area contributed by atoms with Crippen LogP contribution >= 0.6 is 0 Å². The number of hydrogen-bond acceptors (Lipinski definition) is 1. The fourth-order valence-corrected chi connectivity index (χ4v) is 0.737. The molecule has 1 nitrogen and oxygen atoms in total. The lowest BCUT2D eigenvalue weighted by Crippen LogP contribution is -1.79. The summed E-state index contributed by atoms with van der Waals surface area (Å²) in [6, 6.07) is 0. The zero-order valence-corrected chi connectivity index (χ0v) is 9.38. The van der Waals surface area contributed by atoms with Crippen LogP contribution in [0.15, 0.2) is 53.2 Å². The minimum absolute atomic E-state index is 0.972. The van der Waals surface area contributed by atoms with Gasteiger partial charge in [-0.1, -0.05) is 37.8 Å². The second-order valence-corrected chi connectivity index (χ2v) is 3.09. The summed E-state index contributed by atoms with van der Waals surface area (Å²) in [4.78, 5) is 4.04. The fourth-order valence-electron chi connectivity index (χ4n) is 0.737. The van der Waals surface area contributed by atoms with Crippen LogP contribution in [-0.4, -0.2) is 6.21 Å². The molecule has 0 aliphatic rings. The molecule has 14 heavy (non-hydrogen) atoms. The third-order valence-corrected chi connectivity index (χ3v) is 1.90. The molecule has 0 bridgehead atoms. The lowest BCUT2D eigenvalue weighted by Gasteiger charge is -1.98. The first-order valence-corrected chi connectivity index (χ1v) is 4.81. The van der Waals surface area contributed by atoms with Crippen molar-refractivity contribution >= 4 is 6.21 Å². The van der Waals surface area contributed by atoms with Gasteiger partial charge in [-0.15, -0.1) is 0 Å². The highest BCUT2D eigenvalue weighted by atomic mass is 14.7. The average Bonchev–Trinajstić information content (AvgIpc) is 2.21. The van der Waals surface area contributed by atoms with Gasteiger partial charge in [0.1, 0.15) is 0 Å². The van der Waals surface area contributed by atoms with Gasteiger partial charge in [0.2, 0.25) is 0 Å². The van der Waals surface area contributed by atoms with E-state index in [1.165, 1.54) is 0 Å². The van der Waals surface area contributed by atoms with Gasteiger partial charge in [-0.25, -0.2) is 0 Å². The van der Waals surface area contributed by atoms with Crippen LogP contribution in [-0.2, 0) is 0 Å². The molecule has 0 rings (SSSR count). The van der Waals surface area contributed by atoms with Gasteiger partial charge in [-0.3, -0.25) is 4.99 Å². The number of aliphatic imine (C=N–C) groups is 1. The minimum Gasteiger partial charge on any atom is -0.269 e. The van der Waals surface area contributed by atoms with Crippen molar-refractivity contribution in [2.45, 2.75) is 27.2 Å². The van der Waals surface area contributed by atoms with Crippen LogP contribution in [0.4, 0.5) is 0 Å². The lowest BCUT2D eigenvalue weighted by atomic mass is 10.1. The van der Waals surface area contributed by atoms with Crippen LogP contribution in [0.2, 0.25) is 0 Å². The van der Waals surface area contributed by atoms with E-state index in [0.717, 1.165) is 23.1 Å². The highest BCUT2D eigenvalue weighted by molar-refractivity contribution is 5.55. The molecule has 0 saturated carbocycles. The van der Waals surface area contributed by atoms with Crippen LogP contribution < -0.4 is 0 Å². The molecule has 0 aromatic rings. The molecule has 0 amide bonds. The lowest BCUT2D eigenvalue weighted by molar-refractivity contribution is 1.16. The Morgan fingerprint density at radius 3 is 2.43 bits per heavy atom. The molecule has 0 spiro atoms. The minimum atomic E-state index is 0.972. The van der Waals surface area contributed by atoms with E-state index in [4.69, 9.17) is 0 Å². The van der Waals surface area contributed by atoms with Crippen molar-refractivity contribution in [1.29, 1.82) is 0 Å². The van der Waals surface area contributed by atoms with E-state index >= 15 is 0 Å². The van der Waals surface area contributed by atoms with Gasteiger partial charge < -0.3 is 0 Å². The van der Waals surface area contributed by atoms with Gasteiger partial charge in [0.25, 0.3) is 0 Å². The van der Waals surface area contributed by atoms with Crippen LogP contribution in [0.5, 0.6) is 0 Å². The van der Waals surface area contributed by atoms with E-state index in [9.17, 15) is 0 Å². The molecule has 0 unspecified atom stereocenters. The molecule has 0 atom stereocenters. The normalized spacial score (nSPS) is 12.6. The van der Waals surface area contributed by atoms with Gasteiger partial charge >= 0.3 is 0 Å². The first-order chi connectivity index (χ1) is 6.61. The number of rotatable bonds is 5. The Labute approximate surface area is 87.3 Å². The average molecular weight is 189 g/mol. The van der Waals surface area contributed by atoms with Crippen LogP contribution in [0, 0.1) is 0 Å². The van der Waals surface area contributed by atoms with Crippen molar-refractivity contribution in [3.8, 4) is 0 Å². The van der Waals surface area contributed by atoms with Gasteiger partial charge in [-0.05, 0) is 31.4 Å². The van der Waals surface area contributed by atoms with E-state index in [-0.39, 0.29) is 0 Å². The maximum Gasteiger partial charge on any atom is 0.0298 e. The molecule has 0 fully saturated rings. The van der Waals surface area contributed by atoms with Gasteiger partial charge in [0.05, 0.1) is 0 Å². The molecule has 0 aliphatic heterocycles. The summed E-state index contributed by atoms with van der Waals surface area (Å²) < 4.78 is 0. The summed E-state index contributed by atoms with van der Waals surface area (Å²) in [5.41, 5.74) is 3.16. The summed E-state index contributed by atoms with van der Waals surface area (Å²) in [6.07, 6.45) is 8.50. The molecule has 0 aromatic carbocycles. The summed E-state index contributed by atoms with van der Waals surface area (Å²) in [5.74, 6) is 0. The van der Waals surface area contributed by atoms with Crippen molar-refractivity contribution in [1.82, 2.24) is 0 Å². The summed E-state index contributed by atoms with van der Waals surface area (Å²) in [5, 5.41) is 0. The SMILES string of the molecule is C=C(/C=C\C(=C)/C(C)=C/N=CC)CC. The van der Waals surface area contributed by atoms with E-state index in [2.05, 4.69) is 25.1 Å². The Balaban J connectivity index is 4.35.